The third kappa shape index (κ3) is 4.76. The van der Waals surface area contributed by atoms with Gasteiger partial charge in [0.1, 0.15) is 5.75 Å². The van der Waals surface area contributed by atoms with Crippen LogP contribution >= 0.6 is 11.6 Å². The minimum atomic E-state index is 0.135. The van der Waals surface area contributed by atoms with E-state index in [-0.39, 0.29) is 12.2 Å². The lowest BCUT2D eigenvalue weighted by Crippen LogP contribution is -2.36. The van der Waals surface area contributed by atoms with Crippen LogP contribution in [0.4, 0.5) is 11.4 Å². The average molecular weight is 472 g/mol. The smallest absolute Gasteiger partial charge is 0.151 e. The molecule has 0 unspecified atom stereocenters. The van der Waals surface area contributed by atoms with Gasteiger partial charge in [-0.1, -0.05) is 48.0 Å². The van der Waals surface area contributed by atoms with E-state index in [1.807, 2.05) is 36.4 Å². The number of anilines is 2. The normalized spacial score (nSPS) is 13.5. The molecule has 4 aromatic rings. The van der Waals surface area contributed by atoms with Crippen molar-refractivity contribution in [2.75, 3.05) is 25.5 Å². The van der Waals surface area contributed by atoms with Gasteiger partial charge in [-0.25, -0.2) is 0 Å². The number of ether oxygens (including phenoxy) is 1. The van der Waals surface area contributed by atoms with Gasteiger partial charge in [0.15, 0.2) is 5.78 Å². The Labute approximate surface area is 204 Å². The Morgan fingerprint density at radius 2 is 1.88 bits per heavy atom. The third-order valence-corrected chi connectivity index (χ3v) is 6.43. The van der Waals surface area contributed by atoms with E-state index in [9.17, 15) is 4.79 Å². The number of carbonyl (C=O) groups is 1. The highest BCUT2D eigenvalue weighted by Gasteiger charge is 2.24. The fraction of sp³-hybridized carbons (Fsp3) is 0.214. The summed E-state index contributed by atoms with van der Waals surface area (Å²) in [4.78, 5) is 20.1. The van der Waals surface area contributed by atoms with Gasteiger partial charge in [-0.05, 0) is 36.4 Å². The van der Waals surface area contributed by atoms with E-state index in [0.717, 1.165) is 52.1 Å². The second-order valence-corrected chi connectivity index (χ2v) is 8.99. The van der Waals surface area contributed by atoms with Crippen molar-refractivity contribution in [3.63, 3.8) is 0 Å². The second kappa shape index (κ2) is 9.84. The predicted octanol–water partition coefficient (Wildman–Crippen LogP) is 5.81. The number of halogens is 1. The molecule has 0 radical (unpaired) electrons. The Bertz CT molecular complexity index is 1340. The van der Waals surface area contributed by atoms with E-state index in [0.29, 0.717) is 23.9 Å². The lowest BCUT2D eigenvalue weighted by molar-refractivity contribution is -0.119. The Hall–Kier alpha value is -3.41. The molecule has 5 nitrogen and oxygen atoms in total. The number of methoxy groups -OCH3 is 1. The number of aromatic nitrogens is 1. The van der Waals surface area contributed by atoms with Gasteiger partial charge in [0.05, 0.1) is 24.9 Å². The maximum Gasteiger partial charge on any atom is 0.151 e. The summed E-state index contributed by atoms with van der Waals surface area (Å²) < 4.78 is 5.41. The first-order valence-electron chi connectivity index (χ1n) is 11.4. The number of hydrogen-bond acceptors (Lipinski definition) is 5. The Morgan fingerprint density at radius 3 is 2.71 bits per heavy atom. The molecule has 3 aromatic carbocycles. The molecule has 34 heavy (non-hydrogen) atoms. The number of ketones is 1. The minimum Gasteiger partial charge on any atom is -0.496 e. The van der Waals surface area contributed by atoms with Crippen LogP contribution in [0.1, 0.15) is 16.8 Å². The van der Waals surface area contributed by atoms with E-state index in [1.165, 1.54) is 0 Å². The lowest BCUT2D eigenvalue weighted by atomic mass is 9.99. The topological polar surface area (TPSA) is 54.5 Å². The van der Waals surface area contributed by atoms with Crippen LogP contribution in [-0.2, 0) is 24.2 Å². The van der Waals surface area contributed by atoms with Crippen LogP contribution in [-0.4, -0.2) is 35.9 Å². The molecule has 0 spiro atoms. The van der Waals surface area contributed by atoms with Crippen molar-refractivity contribution < 1.29 is 9.53 Å². The molecule has 0 saturated carbocycles. The minimum absolute atomic E-state index is 0.135. The highest BCUT2D eigenvalue weighted by molar-refractivity contribution is 6.30. The van der Waals surface area contributed by atoms with Crippen molar-refractivity contribution in [1.29, 1.82) is 0 Å². The van der Waals surface area contributed by atoms with Crippen molar-refractivity contribution in [1.82, 2.24) is 9.88 Å². The lowest BCUT2D eigenvalue weighted by Gasteiger charge is -2.30. The summed E-state index contributed by atoms with van der Waals surface area (Å²) in [6.07, 6.45) is 1.09. The molecule has 2 heterocycles. The molecular weight excluding hydrogens is 446 g/mol. The summed E-state index contributed by atoms with van der Waals surface area (Å²) in [7, 11) is 1.61. The Kier molecular flexibility index (Phi) is 6.48. The first-order chi connectivity index (χ1) is 16.6. The monoisotopic (exact) mass is 471 g/mol. The molecule has 0 amide bonds. The zero-order valence-corrected chi connectivity index (χ0v) is 19.8. The molecule has 6 heteroatoms. The van der Waals surface area contributed by atoms with Crippen molar-refractivity contribution in [2.45, 2.75) is 19.4 Å². The molecule has 0 saturated heterocycles. The molecule has 1 aliphatic rings. The van der Waals surface area contributed by atoms with Crippen LogP contribution in [0.2, 0.25) is 5.02 Å². The summed E-state index contributed by atoms with van der Waals surface area (Å²) in [5, 5.41) is 5.31. The molecule has 0 atom stereocenters. The van der Waals surface area contributed by atoms with Gasteiger partial charge in [0, 0.05) is 58.8 Å². The largest absolute Gasteiger partial charge is 0.496 e. The first-order valence-corrected chi connectivity index (χ1v) is 11.8. The van der Waals surface area contributed by atoms with Gasteiger partial charge >= 0.3 is 0 Å². The maximum absolute atomic E-state index is 13.0. The van der Waals surface area contributed by atoms with Crippen molar-refractivity contribution in [3.8, 4) is 5.75 Å². The van der Waals surface area contributed by atoms with Crippen LogP contribution in [0, 0.1) is 0 Å². The molecule has 172 valence electrons. The third-order valence-electron chi connectivity index (χ3n) is 6.20. The first kappa shape index (κ1) is 22.4. The number of pyridine rings is 1. The van der Waals surface area contributed by atoms with Gasteiger partial charge in [-0.2, -0.15) is 0 Å². The molecule has 0 bridgehead atoms. The Balaban J connectivity index is 1.40. The highest BCUT2D eigenvalue weighted by Crippen LogP contribution is 2.34. The number of benzene rings is 3. The number of Topliss-reactive ketones (excluding diaryl/α,β-unsaturated/α-hetero) is 1. The summed E-state index contributed by atoms with van der Waals surface area (Å²) >= 11 is 6.15. The zero-order valence-electron chi connectivity index (χ0n) is 19.1. The van der Waals surface area contributed by atoms with Crippen molar-refractivity contribution >= 4 is 39.7 Å². The summed E-state index contributed by atoms with van der Waals surface area (Å²) in [6.45, 7) is 1.83. The fourth-order valence-electron chi connectivity index (χ4n) is 4.59. The number of rotatable bonds is 7. The van der Waals surface area contributed by atoms with Gasteiger partial charge in [0.25, 0.3) is 0 Å². The van der Waals surface area contributed by atoms with Crippen LogP contribution in [0.3, 0.4) is 0 Å². The molecule has 1 aromatic heterocycles. The number of fused-ring (bicyclic) bond motifs is 2. The summed E-state index contributed by atoms with van der Waals surface area (Å²) in [6, 6.07) is 23.8. The number of hydrogen-bond donors (Lipinski definition) is 1. The highest BCUT2D eigenvalue weighted by atomic mass is 35.5. The van der Waals surface area contributed by atoms with Crippen LogP contribution in [0.5, 0.6) is 5.75 Å². The van der Waals surface area contributed by atoms with Crippen LogP contribution in [0.25, 0.3) is 10.9 Å². The van der Waals surface area contributed by atoms with Gasteiger partial charge in [0.2, 0.25) is 0 Å². The number of nitrogens with zero attached hydrogens (tertiary/aromatic N) is 2. The predicted molar refractivity (Wildman–Crippen MR) is 137 cm³/mol. The average Bonchev–Trinajstić information content (AvgIpc) is 2.85. The quantitative estimate of drug-likeness (QED) is 0.368. The van der Waals surface area contributed by atoms with E-state index >= 15 is 0 Å². The molecular formula is C28H26ClN3O2. The molecule has 1 aliphatic heterocycles. The SMILES string of the molecule is COc1ccc(Cl)cc1CC(=O)CN1CCc2nc3ccccc3c(Nc3ccccc3)c2C1. The number of nitrogens with one attached hydrogen (secondary N) is 1. The maximum atomic E-state index is 13.0. The van der Waals surface area contributed by atoms with E-state index in [2.05, 4.69) is 34.5 Å². The summed E-state index contributed by atoms with van der Waals surface area (Å²) in [5.41, 5.74) is 6.15. The molecule has 5 rings (SSSR count). The molecule has 0 fully saturated rings. The summed E-state index contributed by atoms with van der Waals surface area (Å²) in [5.74, 6) is 0.821. The second-order valence-electron chi connectivity index (χ2n) is 8.55. The van der Waals surface area contributed by atoms with Crippen LogP contribution in [0.15, 0.2) is 72.8 Å². The molecule has 1 N–H and O–H groups in total. The van der Waals surface area contributed by atoms with Crippen LogP contribution < -0.4 is 10.1 Å². The van der Waals surface area contributed by atoms with E-state index < -0.39 is 0 Å². The van der Waals surface area contributed by atoms with Crippen molar-refractivity contribution in [3.05, 3.63) is 94.6 Å². The van der Waals surface area contributed by atoms with Gasteiger partial charge in [-0.3, -0.25) is 14.7 Å². The van der Waals surface area contributed by atoms with Gasteiger partial charge in [-0.15, -0.1) is 0 Å². The molecule has 0 aliphatic carbocycles. The Morgan fingerprint density at radius 1 is 1.09 bits per heavy atom. The van der Waals surface area contributed by atoms with E-state index in [4.69, 9.17) is 21.3 Å². The fourth-order valence-corrected chi connectivity index (χ4v) is 4.79. The standard InChI is InChI=1S/C28H26ClN3O2/c1-34-27-12-11-20(29)15-19(27)16-22(33)17-32-14-13-26-24(18-32)28(30-21-7-3-2-4-8-21)23-9-5-6-10-25(23)31-26/h2-12,15H,13-14,16-18H2,1H3,(H,30,31). The van der Waals surface area contributed by atoms with E-state index in [1.54, 1.807) is 19.2 Å². The number of carbonyl (C=O) groups excluding carboxylic acids is 1. The van der Waals surface area contributed by atoms with Gasteiger partial charge < -0.3 is 10.1 Å². The zero-order chi connectivity index (χ0) is 23.5. The van der Waals surface area contributed by atoms with Crippen molar-refractivity contribution in [2.24, 2.45) is 0 Å². The number of para-hydroxylation sites is 2.